The SMILES string of the molecule is CCCCCCCC(O)Cc1cccc(C=NO)c1. The fourth-order valence-electron chi connectivity index (χ4n) is 2.22. The lowest BCUT2D eigenvalue weighted by atomic mass is 10.0. The van der Waals surface area contributed by atoms with Gasteiger partial charge in [0.2, 0.25) is 0 Å². The lowest BCUT2D eigenvalue weighted by Gasteiger charge is -2.10. The minimum Gasteiger partial charge on any atom is -0.411 e. The van der Waals surface area contributed by atoms with E-state index in [-0.39, 0.29) is 6.10 Å². The molecule has 1 aromatic carbocycles. The van der Waals surface area contributed by atoms with E-state index in [1.165, 1.54) is 31.9 Å². The third-order valence-electron chi connectivity index (χ3n) is 3.27. The van der Waals surface area contributed by atoms with Crippen molar-refractivity contribution in [3.05, 3.63) is 35.4 Å². The van der Waals surface area contributed by atoms with Gasteiger partial charge >= 0.3 is 0 Å². The van der Waals surface area contributed by atoms with Gasteiger partial charge in [0.05, 0.1) is 12.3 Å². The van der Waals surface area contributed by atoms with Crippen molar-refractivity contribution < 1.29 is 10.3 Å². The molecule has 1 aromatic rings. The molecule has 0 amide bonds. The van der Waals surface area contributed by atoms with Crippen LogP contribution in [0, 0.1) is 0 Å². The Morgan fingerprint density at radius 2 is 2.00 bits per heavy atom. The summed E-state index contributed by atoms with van der Waals surface area (Å²) in [6.07, 6.45) is 8.78. The highest BCUT2D eigenvalue weighted by atomic mass is 16.4. The van der Waals surface area contributed by atoms with E-state index in [0.29, 0.717) is 6.42 Å². The first-order valence-corrected chi connectivity index (χ1v) is 7.20. The maximum atomic E-state index is 10.00. The number of benzene rings is 1. The Labute approximate surface area is 116 Å². The second kappa shape index (κ2) is 9.56. The number of hydrogen-bond acceptors (Lipinski definition) is 3. The third kappa shape index (κ3) is 6.97. The van der Waals surface area contributed by atoms with E-state index in [2.05, 4.69) is 12.1 Å². The fourth-order valence-corrected chi connectivity index (χ4v) is 2.22. The van der Waals surface area contributed by atoms with Crippen LogP contribution in [0.3, 0.4) is 0 Å². The molecule has 0 bridgehead atoms. The molecule has 1 unspecified atom stereocenters. The van der Waals surface area contributed by atoms with Crippen LogP contribution in [0.25, 0.3) is 0 Å². The molecule has 19 heavy (non-hydrogen) atoms. The lowest BCUT2D eigenvalue weighted by molar-refractivity contribution is 0.161. The average molecular weight is 263 g/mol. The van der Waals surface area contributed by atoms with Crippen LogP contribution in [0.2, 0.25) is 0 Å². The number of rotatable bonds is 9. The van der Waals surface area contributed by atoms with E-state index in [0.717, 1.165) is 24.0 Å². The van der Waals surface area contributed by atoms with Crippen LogP contribution in [0.4, 0.5) is 0 Å². The average Bonchev–Trinajstić information content (AvgIpc) is 2.39. The van der Waals surface area contributed by atoms with Gasteiger partial charge in [0, 0.05) is 0 Å². The van der Waals surface area contributed by atoms with Crippen molar-refractivity contribution in [3.63, 3.8) is 0 Å². The van der Waals surface area contributed by atoms with Crippen LogP contribution >= 0.6 is 0 Å². The summed E-state index contributed by atoms with van der Waals surface area (Å²) >= 11 is 0. The van der Waals surface area contributed by atoms with Gasteiger partial charge in [-0.25, -0.2) is 0 Å². The fraction of sp³-hybridized carbons (Fsp3) is 0.562. The molecule has 0 saturated heterocycles. The van der Waals surface area contributed by atoms with Gasteiger partial charge in [0.25, 0.3) is 0 Å². The number of hydrogen-bond donors (Lipinski definition) is 2. The zero-order valence-electron chi connectivity index (χ0n) is 11.8. The molecule has 0 heterocycles. The van der Waals surface area contributed by atoms with E-state index in [9.17, 15) is 5.11 Å². The molecule has 1 atom stereocenters. The van der Waals surface area contributed by atoms with Gasteiger partial charge in [-0.3, -0.25) is 0 Å². The predicted molar refractivity (Wildman–Crippen MR) is 78.9 cm³/mol. The normalized spacial score (nSPS) is 12.9. The molecule has 0 spiro atoms. The Hall–Kier alpha value is -1.35. The van der Waals surface area contributed by atoms with Gasteiger partial charge in [-0.05, 0) is 30.0 Å². The summed E-state index contributed by atoms with van der Waals surface area (Å²) in [6.45, 7) is 2.21. The second-order valence-corrected chi connectivity index (χ2v) is 5.05. The van der Waals surface area contributed by atoms with Crippen molar-refractivity contribution in [2.24, 2.45) is 5.16 Å². The summed E-state index contributed by atoms with van der Waals surface area (Å²) in [5, 5.41) is 21.5. The first-order valence-electron chi connectivity index (χ1n) is 7.20. The maximum Gasteiger partial charge on any atom is 0.0733 e. The molecule has 1 rings (SSSR count). The maximum absolute atomic E-state index is 10.00. The molecule has 0 aliphatic rings. The van der Waals surface area contributed by atoms with Crippen LogP contribution < -0.4 is 0 Å². The quantitative estimate of drug-likeness (QED) is 0.308. The minimum atomic E-state index is -0.275. The molecular formula is C16H25NO2. The van der Waals surface area contributed by atoms with Crippen LogP contribution in [0.15, 0.2) is 29.4 Å². The number of aliphatic hydroxyl groups is 1. The van der Waals surface area contributed by atoms with Crippen molar-refractivity contribution in [3.8, 4) is 0 Å². The van der Waals surface area contributed by atoms with Crippen molar-refractivity contribution in [1.29, 1.82) is 0 Å². The zero-order chi connectivity index (χ0) is 13.9. The number of oxime groups is 1. The van der Waals surface area contributed by atoms with E-state index >= 15 is 0 Å². The summed E-state index contributed by atoms with van der Waals surface area (Å²) in [4.78, 5) is 0. The standard InChI is InChI=1S/C16H25NO2/c1-2-3-4-5-6-10-16(18)12-14-8-7-9-15(11-14)13-17-19/h7-9,11,13,16,18-19H,2-6,10,12H2,1H3. The molecule has 106 valence electrons. The molecular weight excluding hydrogens is 238 g/mol. The lowest BCUT2D eigenvalue weighted by Crippen LogP contribution is -2.10. The monoisotopic (exact) mass is 263 g/mol. The molecule has 2 N–H and O–H groups in total. The predicted octanol–water partition coefficient (Wildman–Crippen LogP) is 3.76. The van der Waals surface area contributed by atoms with Gasteiger partial charge < -0.3 is 10.3 Å². The highest BCUT2D eigenvalue weighted by Crippen LogP contribution is 2.12. The highest BCUT2D eigenvalue weighted by Gasteiger charge is 2.05. The van der Waals surface area contributed by atoms with E-state index in [1.54, 1.807) is 0 Å². The van der Waals surface area contributed by atoms with Crippen molar-refractivity contribution in [2.75, 3.05) is 0 Å². The van der Waals surface area contributed by atoms with Gasteiger partial charge in [0.1, 0.15) is 0 Å². The summed E-state index contributed by atoms with van der Waals surface area (Å²) in [5.74, 6) is 0. The summed E-state index contributed by atoms with van der Waals surface area (Å²) in [5.41, 5.74) is 1.94. The molecule has 3 nitrogen and oxygen atoms in total. The summed E-state index contributed by atoms with van der Waals surface area (Å²) in [7, 11) is 0. The number of aliphatic hydroxyl groups excluding tert-OH is 1. The smallest absolute Gasteiger partial charge is 0.0733 e. The molecule has 0 aliphatic carbocycles. The Morgan fingerprint density at radius 1 is 1.21 bits per heavy atom. The highest BCUT2D eigenvalue weighted by molar-refractivity contribution is 5.79. The number of unbranched alkanes of at least 4 members (excludes halogenated alkanes) is 4. The Kier molecular flexibility index (Phi) is 7.91. The summed E-state index contributed by atoms with van der Waals surface area (Å²) in [6, 6.07) is 7.73. The minimum absolute atomic E-state index is 0.275. The van der Waals surface area contributed by atoms with Gasteiger partial charge in [-0.1, -0.05) is 62.4 Å². The molecule has 0 aliphatic heterocycles. The molecule has 0 radical (unpaired) electrons. The van der Waals surface area contributed by atoms with E-state index in [4.69, 9.17) is 5.21 Å². The second-order valence-electron chi connectivity index (χ2n) is 5.05. The van der Waals surface area contributed by atoms with Crippen molar-refractivity contribution in [2.45, 2.75) is 58.0 Å². The zero-order valence-corrected chi connectivity index (χ0v) is 11.8. The van der Waals surface area contributed by atoms with Crippen LogP contribution in [0.1, 0.15) is 56.6 Å². The number of nitrogens with zero attached hydrogens (tertiary/aromatic N) is 1. The van der Waals surface area contributed by atoms with Gasteiger partial charge in [-0.15, -0.1) is 0 Å². The van der Waals surface area contributed by atoms with Crippen LogP contribution in [-0.2, 0) is 6.42 Å². The first kappa shape index (κ1) is 15.7. The van der Waals surface area contributed by atoms with Crippen LogP contribution in [0.5, 0.6) is 0 Å². The van der Waals surface area contributed by atoms with E-state index < -0.39 is 0 Å². The van der Waals surface area contributed by atoms with Gasteiger partial charge in [0.15, 0.2) is 0 Å². The largest absolute Gasteiger partial charge is 0.411 e. The van der Waals surface area contributed by atoms with E-state index in [1.807, 2.05) is 24.3 Å². The third-order valence-corrected chi connectivity index (χ3v) is 3.27. The first-order chi connectivity index (χ1) is 9.26. The Bertz CT molecular complexity index is 377. The molecule has 0 fully saturated rings. The van der Waals surface area contributed by atoms with Crippen LogP contribution in [-0.4, -0.2) is 22.6 Å². The van der Waals surface area contributed by atoms with Crippen molar-refractivity contribution in [1.82, 2.24) is 0 Å². The molecule has 3 heteroatoms. The summed E-state index contributed by atoms with van der Waals surface area (Å²) < 4.78 is 0. The van der Waals surface area contributed by atoms with Crippen molar-refractivity contribution >= 4 is 6.21 Å². The Morgan fingerprint density at radius 3 is 2.74 bits per heavy atom. The Balaban J connectivity index is 2.31. The molecule has 0 aromatic heterocycles. The molecule has 0 saturated carbocycles. The van der Waals surface area contributed by atoms with Gasteiger partial charge in [-0.2, -0.15) is 0 Å². The topological polar surface area (TPSA) is 52.8 Å².